The van der Waals surface area contributed by atoms with Crippen molar-refractivity contribution in [1.82, 2.24) is 19.7 Å². The molecule has 0 radical (unpaired) electrons. The third-order valence-electron chi connectivity index (χ3n) is 5.16. The molecule has 2 aromatic rings. The summed E-state index contributed by atoms with van der Waals surface area (Å²) in [5.74, 6) is -0.494. The molecule has 0 bridgehead atoms. The molecule has 0 spiro atoms. The van der Waals surface area contributed by atoms with Crippen LogP contribution < -0.4 is 11.1 Å². The lowest BCUT2D eigenvalue weighted by atomic mass is 9.95. The van der Waals surface area contributed by atoms with Gasteiger partial charge in [-0.05, 0) is 18.4 Å². The Labute approximate surface area is 177 Å². The van der Waals surface area contributed by atoms with Gasteiger partial charge >= 0.3 is 0 Å². The Bertz CT molecular complexity index is 789. The molecule has 1 saturated heterocycles. The summed E-state index contributed by atoms with van der Waals surface area (Å²) in [5.41, 5.74) is 7.10. The molecule has 1 fully saturated rings. The molecule has 1 aliphatic rings. The molecule has 158 valence electrons. The number of nitrogens with one attached hydrogen (secondary N) is 1. The molecule has 9 heteroatoms. The Morgan fingerprint density at radius 2 is 1.79 bits per heavy atom. The van der Waals surface area contributed by atoms with Crippen molar-refractivity contribution in [2.24, 2.45) is 11.7 Å². The Morgan fingerprint density at radius 3 is 2.45 bits per heavy atom. The molecule has 1 aromatic heterocycles. The number of benzene rings is 1. The van der Waals surface area contributed by atoms with Gasteiger partial charge in [0.1, 0.15) is 12.9 Å². The lowest BCUT2D eigenvalue weighted by molar-refractivity contribution is -0.132. The maximum Gasteiger partial charge on any atom is 0.248 e. The summed E-state index contributed by atoms with van der Waals surface area (Å²) in [6, 6.07) is 9.07. The minimum Gasteiger partial charge on any atom is -0.341 e. The van der Waals surface area contributed by atoms with Crippen molar-refractivity contribution in [1.29, 1.82) is 0 Å². The van der Waals surface area contributed by atoms with E-state index in [1.807, 2.05) is 35.2 Å². The molecule has 0 saturated carbocycles. The molecule has 0 aliphatic carbocycles. The highest BCUT2D eigenvalue weighted by Crippen LogP contribution is 2.20. The number of carbonyl (C=O) groups excluding carboxylic acids is 2. The number of halogens is 1. The van der Waals surface area contributed by atoms with Gasteiger partial charge in [-0.1, -0.05) is 50.1 Å². The van der Waals surface area contributed by atoms with E-state index in [-0.39, 0.29) is 36.7 Å². The zero-order valence-electron chi connectivity index (χ0n) is 16.7. The van der Waals surface area contributed by atoms with E-state index < -0.39 is 12.0 Å². The molecule has 1 aliphatic heterocycles. The number of carbonyl (C=O) groups is 2. The molecule has 3 N–H and O–H groups in total. The quantitative estimate of drug-likeness (QED) is 0.746. The van der Waals surface area contributed by atoms with Crippen LogP contribution in [0.1, 0.15) is 44.2 Å². The van der Waals surface area contributed by atoms with Crippen molar-refractivity contribution in [2.75, 3.05) is 18.4 Å². The lowest BCUT2D eigenvalue weighted by Gasteiger charge is -2.20. The van der Waals surface area contributed by atoms with Gasteiger partial charge in [-0.25, -0.2) is 9.67 Å². The van der Waals surface area contributed by atoms with Crippen molar-refractivity contribution < 1.29 is 9.59 Å². The Balaban J connectivity index is 0.00000300. The predicted molar refractivity (Wildman–Crippen MR) is 113 cm³/mol. The van der Waals surface area contributed by atoms with Gasteiger partial charge in [-0.2, -0.15) is 0 Å². The minimum absolute atomic E-state index is 0. The molecule has 3 rings (SSSR count). The Kier molecular flexibility index (Phi) is 8.60. The number of anilines is 1. The van der Waals surface area contributed by atoms with E-state index in [0.29, 0.717) is 0 Å². The molecular weight excluding hydrogens is 392 g/mol. The maximum absolute atomic E-state index is 12.5. The van der Waals surface area contributed by atoms with E-state index in [9.17, 15) is 9.59 Å². The molecule has 2 atom stereocenters. The van der Waals surface area contributed by atoms with Gasteiger partial charge in [0, 0.05) is 19.1 Å². The summed E-state index contributed by atoms with van der Waals surface area (Å²) in [7, 11) is 0. The van der Waals surface area contributed by atoms with Gasteiger partial charge in [0.05, 0.1) is 5.92 Å². The van der Waals surface area contributed by atoms with Crippen LogP contribution in [0.3, 0.4) is 0 Å². The number of likely N-dealkylation sites (tertiary alicyclic amines) is 1. The van der Waals surface area contributed by atoms with Crippen molar-refractivity contribution >= 4 is 30.2 Å². The average molecular weight is 421 g/mol. The molecule has 2 heterocycles. The van der Waals surface area contributed by atoms with Crippen LogP contribution in [0.15, 0.2) is 36.7 Å². The number of rotatable bonds is 6. The van der Waals surface area contributed by atoms with Gasteiger partial charge in [0.2, 0.25) is 17.8 Å². The number of hydrogen-bond acceptors (Lipinski definition) is 5. The summed E-state index contributed by atoms with van der Waals surface area (Å²) >= 11 is 0. The SMILES string of the molecule is CC(C(=O)Nc1ncn(CC(=O)N2CCCCCC2)n1)C(N)c1ccccc1.Cl. The van der Waals surface area contributed by atoms with Crippen molar-refractivity contribution in [3.8, 4) is 0 Å². The van der Waals surface area contributed by atoms with Crippen molar-refractivity contribution in [3.05, 3.63) is 42.2 Å². The van der Waals surface area contributed by atoms with Crippen LogP contribution in [0.25, 0.3) is 0 Å². The molecule has 29 heavy (non-hydrogen) atoms. The van der Waals surface area contributed by atoms with Crippen LogP contribution >= 0.6 is 12.4 Å². The fraction of sp³-hybridized carbons (Fsp3) is 0.500. The molecule has 1 aromatic carbocycles. The summed E-state index contributed by atoms with van der Waals surface area (Å²) in [6.45, 7) is 3.49. The van der Waals surface area contributed by atoms with E-state index >= 15 is 0 Å². The van der Waals surface area contributed by atoms with Crippen molar-refractivity contribution in [3.63, 3.8) is 0 Å². The number of amides is 2. The normalized spacial score (nSPS) is 16.3. The van der Waals surface area contributed by atoms with Crippen LogP contribution in [0.4, 0.5) is 5.95 Å². The Hall–Kier alpha value is -2.45. The van der Waals surface area contributed by atoms with E-state index in [2.05, 4.69) is 15.4 Å². The van der Waals surface area contributed by atoms with Gasteiger partial charge in [-0.15, -0.1) is 17.5 Å². The first-order valence-corrected chi connectivity index (χ1v) is 9.83. The summed E-state index contributed by atoms with van der Waals surface area (Å²) in [5, 5.41) is 6.90. The van der Waals surface area contributed by atoms with Gasteiger partial charge in [0.15, 0.2) is 0 Å². The number of hydrogen-bond donors (Lipinski definition) is 2. The van der Waals surface area contributed by atoms with Crippen LogP contribution in [0, 0.1) is 5.92 Å². The molecular formula is C20H29ClN6O2. The van der Waals surface area contributed by atoms with Crippen LogP contribution in [0.5, 0.6) is 0 Å². The smallest absolute Gasteiger partial charge is 0.248 e. The van der Waals surface area contributed by atoms with E-state index in [4.69, 9.17) is 5.73 Å². The number of nitrogens with zero attached hydrogens (tertiary/aromatic N) is 4. The van der Waals surface area contributed by atoms with Gasteiger partial charge in [0.25, 0.3) is 0 Å². The zero-order chi connectivity index (χ0) is 19.9. The topological polar surface area (TPSA) is 106 Å². The first-order valence-electron chi connectivity index (χ1n) is 9.83. The second-order valence-corrected chi connectivity index (χ2v) is 7.28. The molecule has 8 nitrogen and oxygen atoms in total. The monoisotopic (exact) mass is 420 g/mol. The third kappa shape index (κ3) is 6.27. The standard InChI is InChI=1S/C20H28N6O2.ClH/c1-15(18(21)16-9-5-4-6-10-16)19(28)23-20-22-14-26(24-20)13-17(27)25-11-7-2-3-8-12-25;/h4-6,9-10,14-15,18H,2-3,7-8,11-13,21H2,1H3,(H,23,24,28);1H. The second-order valence-electron chi connectivity index (χ2n) is 7.28. The molecule has 2 unspecified atom stereocenters. The van der Waals surface area contributed by atoms with Crippen LogP contribution in [-0.2, 0) is 16.1 Å². The first kappa shape index (κ1) is 22.8. The number of aromatic nitrogens is 3. The minimum atomic E-state index is -0.451. The van der Waals surface area contributed by atoms with Crippen LogP contribution in [-0.4, -0.2) is 44.6 Å². The first-order chi connectivity index (χ1) is 13.5. The third-order valence-corrected chi connectivity index (χ3v) is 5.16. The second kappa shape index (κ2) is 10.9. The average Bonchev–Trinajstić information content (AvgIpc) is 2.97. The predicted octanol–water partition coefficient (Wildman–Crippen LogP) is 2.38. The summed E-state index contributed by atoms with van der Waals surface area (Å²) < 4.78 is 1.46. The van der Waals surface area contributed by atoms with Crippen LogP contribution in [0.2, 0.25) is 0 Å². The van der Waals surface area contributed by atoms with E-state index in [0.717, 1.165) is 31.5 Å². The fourth-order valence-corrected chi connectivity index (χ4v) is 3.34. The zero-order valence-corrected chi connectivity index (χ0v) is 17.5. The largest absolute Gasteiger partial charge is 0.341 e. The van der Waals surface area contributed by atoms with Gasteiger partial charge in [-0.3, -0.25) is 14.9 Å². The number of nitrogens with two attached hydrogens (primary N) is 1. The molecule has 2 amide bonds. The highest BCUT2D eigenvalue weighted by Gasteiger charge is 2.23. The highest BCUT2D eigenvalue weighted by molar-refractivity contribution is 5.91. The lowest BCUT2D eigenvalue weighted by Crippen LogP contribution is -2.34. The summed E-state index contributed by atoms with van der Waals surface area (Å²) in [6.07, 6.45) is 5.90. The van der Waals surface area contributed by atoms with Crippen molar-refractivity contribution in [2.45, 2.75) is 45.2 Å². The maximum atomic E-state index is 12.5. The van der Waals surface area contributed by atoms with E-state index in [1.54, 1.807) is 6.92 Å². The van der Waals surface area contributed by atoms with Gasteiger partial charge < -0.3 is 10.6 Å². The highest BCUT2D eigenvalue weighted by atomic mass is 35.5. The fourth-order valence-electron chi connectivity index (χ4n) is 3.34. The Morgan fingerprint density at radius 1 is 1.14 bits per heavy atom. The van der Waals surface area contributed by atoms with E-state index in [1.165, 1.54) is 23.9 Å². The summed E-state index contributed by atoms with van der Waals surface area (Å²) in [4.78, 5) is 30.9.